The van der Waals surface area contributed by atoms with Gasteiger partial charge in [-0.1, -0.05) is 23.2 Å². The summed E-state index contributed by atoms with van der Waals surface area (Å²) < 4.78 is 52.6. The van der Waals surface area contributed by atoms with Crippen molar-refractivity contribution < 1.29 is 22.4 Å². The van der Waals surface area contributed by atoms with Gasteiger partial charge in [-0.3, -0.25) is 4.84 Å². The Balaban J connectivity index is 2.57. The van der Waals surface area contributed by atoms with Crippen molar-refractivity contribution in [1.82, 2.24) is 5.48 Å². The molecule has 1 heterocycles. The molecule has 1 aliphatic rings. The van der Waals surface area contributed by atoms with E-state index in [4.69, 9.17) is 23.2 Å². The molecule has 8 heteroatoms. The Morgan fingerprint density at radius 1 is 1.22 bits per heavy atom. The molecule has 0 saturated carbocycles. The topological polar surface area (TPSA) is 21.3 Å². The summed E-state index contributed by atoms with van der Waals surface area (Å²) in [6.07, 6.45) is -5.00. The largest absolute Gasteiger partial charge is 0.423 e. The second-order valence-electron chi connectivity index (χ2n) is 3.83. The quantitative estimate of drug-likeness (QED) is 0.629. The molecule has 1 atom stereocenters. The molecule has 1 aliphatic heterocycles. The molecule has 100 valence electrons. The summed E-state index contributed by atoms with van der Waals surface area (Å²) in [7, 11) is 0. The van der Waals surface area contributed by atoms with E-state index in [9.17, 15) is 17.6 Å². The first-order valence-electron chi connectivity index (χ1n) is 4.90. The molecule has 2 rings (SSSR count). The van der Waals surface area contributed by atoms with E-state index >= 15 is 0 Å². The highest BCUT2D eigenvalue weighted by Crippen LogP contribution is 2.47. The van der Waals surface area contributed by atoms with Crippen LogP contribution in [0.2, 0.25) is 10.0 Å². The van der Waals surface area contributed by atoms with Gasteiger partial charge in [-0.2, -0.15) is 13.2 Å². The van der Waals surface area contributed by atoms with Gasteiger partial charge in [-0.25, -0.2) is 9.87 Å². The first kappa shape index (κ1) is 13.9. The maximum Gasteiger partial charge on any atom is 0.423 e. The molecule has 0 aromatic heterocycles. The molecular weight excluding hydrogens is 297 g/mol. The normalized spacial score (nSPS) is 24.6. The molecule has 0 aliphatic carbocycles. The molecule has 1 N–H and O–H groups in total. The first-order valence-corrected chi connectivity index (χ1v) is 5.66. The van der Waals surface area contributed by atoms with Gasteiger partial charge in [0.25, 0.3) is 0 Å². The third-order valence-corrected chi connectivity index (χ3v) is 3.28. The van der Waals surface area contributed by atoms with Gasteiger partial charge in [0, 0.05) is 13.0 Å². The van der Waals surface area contributed by atoms with Crippen LogP contribution in [0, 0.1) is 5.82 Å². The van der Waals surface area contributed by atoms with E-state index in [2.05, 4.69) is 10.3 Å². The highest BCUT2D eigenvalue weighted by atomic mass is 35.5. The van der Waals surface area contributed by atoms with Gasteiger partial charge in [0.05, 0.1) is 10.0 Å². The van der Waals surface area contributed by atoms with Crippen LogP contribution in [-0.4, -0.2) is 12.7 Å². The first-order chi connectivity index (χ1) is 8.28. The number of benzene rings is 1. The van der Waals surface area contributed by atoms with Crippen molar-refractivity contribution >= 4 is 23.2 Å². The molecule has 0 radical (unpaired) electrons. The number of alkyl halides is 3. The van der Waals surface area contributed by atoms with Crippen molar-refractivity contribution in [3.63, 3.8) is 0 Å². The van der Waals surface area contributed by atoms with Crippen molar-refractivity contribution in [2.45, 2.75) is 18.2 Å². The lowest BCUT2D eigenvalue weighted by Crippen LogP contribution is -2.42. The number of rotatable bonds is 1. The number of halogens is 6. The van der Waals surface area contributed by atoms with Gasteiger partial charge in [-0.05, 0) is 17.7 Å². The van der Waals surface area contributed by atoms with Crippen molar-refractivity contribution in [2.24, 2.45) is 0 Å². The maximum absolute atomic E-state index is 13.2. The predicted octanol–water partition coefficient (Wildman–Crippen LogP) is 3.82. The molecule has 1 aromatic carbocycles. The summed E-state index contributed by atoms with van der Waals surface area (Å²) in [5.74, 6) is -0.953. The Hall–Kier alpha value is -0.560. The molecule has 0 amide bonds. The van der Waals surface area contributed by atoms with Crippen LogP contribution >= 0.6 is 23.2 Å². The summed E-state index contributed by atoms with van der Waals surface area (Å²) >= 11 is 11.0. The van der Waals surface area contributed by atoms with Crippen LogP contribution in [0.1, 0.15) is 12.0 Å². The molecule has 1 fully saturated rings. The van der Waals surface area contributed by atoms with Gasteiger partial charge in [0.2, 0.25) is 5.60 Å². The fraction of sp³-hybridized carbons (Fsp3) is 0.400. The van der Waals surface area contributed by atoms with Gasteiger partial charge < -0.3 is 0 Å². The molecule has 0 bridgehead atoms. The van der Waals surface area contributed by atoms with E-state index < -0.39 is 27.6 Å². The number of hydrogen-bond acceptors (Lipinski definition) is 2. The van der Waals surface area contributed by atoms with Crippen LogP contribution in [0.5, 0.6) is 0 Å². The van der Waals surface area contributed by atoms with Crippen LogP contribution in [0.25, 0.3) is 0 Å². The summed E-state index contributed by atoms with van der Waals surface area (Å²) in [4.78, 5) is 4.63. The van der Waals surface area contributed by atoms with Crippen molar-refractivity contribution in [2.75, 3.05) is 6.54 Å². The SMILES string of the molecule is Fc1c(Cl)cc(C2(C(F)(F)F)CCNO2)cc1Cl. The van der Waals surface area contributed by atoms with Crippen molar-refractivity contribution in [3.05, 3.63) is 33.6 Å². The molecule has 2 nitrogen and oxygen atoms in total. The Kier molecular flexibility index (Phi) is 3.48. The summed E-state index contributed by atoms with van der Waals surface area (Å²) in [6, 6.07) is 1.76. The third kappa shape index (κ3) is 2.07. The van der Waals surface area contributed by atoms with E-state index in [-0.39, 0.29) is 18.5 Å². The second-order valence-corrected chi connectivity index (χ2v) is 4.64. The summed E-state index contributed by atoms with van der Waals surface area (Å²) in [5, 5.41) is -0.951. The van der Waals surface area contributed by atoms with Crippen LogP contribution in [0.3, 0.4) is 0 Å². The van der Waals surface area contributed by atoms with E-state index in [0.29, 0.717) is 0 Å². The average Bonchev–Trinajstić information content (AvgIpc) is 2.74. The Morgan fingerprint density at radius 3 is 2.17 bits per heavy atom. The number of hydroxylamine groups is 1. The molecule has 1 unspecified atom stereocenters. The fourth-order valence-electron chi connectivity index (χ4n) is 1.81. The van der Waals surface area contributed by atoms with Gasteiger partial charge >= 0.3 is 6.18 Å². The monoisotopic (exact) mass is 303 g/mol. The second kappa shape index (κ2) is 4.52. The fourth-order valence-corrected chi connectivity index (χ4v) is 2.29. The standard InChI is InChI=1S/C10H7Cl2F4NO/c11-6-3-5(4-7(12)8(6)13)9(10(14,15)16)1-2-17-18-9/h3-4,17H,1-2H2. The van der Waals surface area contributed by atoms with Crippen LogP contribution in [-0.2, 0) is 10.4 Å². The molecular formula is C10H7Cl2F4NO. The number of hydrogen-bond donors (Lipinski definition) is 1. The van der Waals surface area contributed by atoms with Gasteiger partial charge in [-0.15, -0.1) is 0 Å². The zero-order valence-electron chi connectivity index (χ0n) is 8.74. The third-order valence-electron chi connectivity index (χ3n) is 2.73. The maximum atomic E-state index is 13.2. The minimum absolute atomic E-state index is 0.0200. The summed E-state index contributed by atoms with van der Waals surface area (Å²) in [6.45, 7) is 0.0200. The lowest BCUT2D eigenvalue weighted by atomic mass is 9.90. The highest BCUT2D eigenvalue weighted by Gasteiger charge is 2.60. The van der Waals surface area contributed by atoms with Gasteiger partial charge in [0.1, 0.15) is 0 Å². The Bertz CT molecular complexity index is 448. The van der Waals surface area contributed by atoms with Crippen LogP contribution in [0.4, 0.5) is 17.6 Å². The number of nitrogens with one attached hydrogen (secondary N) is 1. The molecule has 18 heavy (non-hydrogen) atoms. The van der Waals surface area contributed by atoms with Crippen LogP contribution < -0.4 is 5.48 Å². The van der Waals surface area contributed by atoms with Crippen molar-refractivity contribution in [3.8, 4) is 0 Å². The lowest BCUT2D eigenvalue weighted by molar-refractivity contribution is -0.282. The molecule has 0 spiro atoms. The average molecular weight is 304 g/mol. The van der Waals surface area contributed by atoms with E-state index in [1.54, 1.807) is 0 Å². The minimum Gasteiger partial charge on any atom is -0.281 e. The summed E-state index contributed by atoms with van der Waals surface area (Å²) in [5.41, 5.74) is -0.699. The van der Waals surface area contributed by atoms with E-state index in [1.165, 1.54) is 0 Å². The Morgan fingerprint density at radius 2 is 1.78 bits per heavy atom. The zero-order chi connectivity index (χ0) is 13.6. The predicted molar refractivity (Wildman–Crippen MR) is 57.9 cm³/mol. The van der Waals surface area contributed by atoms with Crippen LogP contribution in [0.15, 0.2) is 12.1 Å². The van der Waals surface area contributed by atoms with Crippen molar-refractivity contribution in [1.29, 1.82) is 0 Å². The highest BCUT2D eigenvalue weighted by molar-refractivity contribution is 6.35. The van der Waals surface area contributed by atoms with E-state index in [1.807, 2.05) is 0 Å². The zero-order valence-corrected chi connectivity index (χ0v) is 10.3. The lowest BCUT2D eigenvalue weighted by Gasteiger charge is -2.30. The molecule has 1 saturated heterocycles. The van der Waals surface area contributed by atoms with E-state index in [0.717, 1.165) is 12.1 Å². The minimum atomic E-state index is -4.67. The Labute approximate surface area is 110 Å². The molecule has 1 aromatic rings. The smallest absolute Gasteiger partial charge is 0.281 e. The van der Waals surface area contributed by atoms with Gasteiger partial charge in [0.15, 0.2) is 5.82 Å².